The van der Waals surface area contributed by atoms with Crippen LogP contribution in [0.1, 0.15) is 316 Å². The molecular weight excluding hydrogens is 925 g/mol. The molecule has 432 valence electrons. The molecule has 0 aromatic rings. The first-order chi connectivity index (χ1) is 37.0. The van der Waals surface area contributed by atoms with Gasteiger partial charge >= 0.3 is 17.9 Å². The van der Waals surface area contributed by atoms with E-state index in [1.807, 2.05) is 0 Å². The molecule has 75 heavy (non-hydrogen) atoms. The number of ether oxygens (including phenoxy) is 3. The summed E-state index contributed by atoms with van der Waals surface area (Å²) in [5.74, 6) is -0.962. The van der Waals surface area contributed by atoms with Crippen molar-refractivity contribution in [3.8, 4) is 0 Å². The van der Waals surface area contributed by atoms with Crippen LogP contribution in [0.4, 0.5) is 0 Å². The van der Waals surface area contributed by atoms with Crippen LogP contribution in [0.2, 0.25) is 0 Å². The normalized spacial score (nSPS) is 12.6. The molecule has 0 fully saturated rings. The van der Waals surface area contributed by atoms with Crippen molar-refractivity contribution < 1.29 is 28.6 Å². The summed E-state index contributed by atoms with van der Waals surface area (Å²) in [5, 5.41) is 0. The number of hydrogen-bond acceptors (Lipinski definition) is 6. The van der Waals surface area contributed by atoms with Crippen molar-refractivity contribution >= 4 is 17.9 Å². The molecule has 0 aliphatic heterocycles. The van der Waals surface area contributed by atoms with E-state index in [0.29, 0.717) is 19.3 Å². The monoisotopic (exact) mass is 1040 g/mol. The highest BCUT2D eigenvalue weighted by Gasteiger charge is 2.19. The number of carbonyl (C=O) groups is 3. The predicted octanol–water partition coefficient (Wildman–Crippen LogP) is 21.9. The summed E-state index contributed by atoms with van der Waals surface area (Å²) in [5.41, 5.74) is 0. The van der Waals surface area contributed by atoms with E-state index in [4.69, 9.17) is 14.2 Å². The number of allylic oxidation sites excluding steroid dienone is 14. The first kappa shape index (κ1) is 71.6. The Morgan fingerprint density at radius 2 is 0.533 bits per heavy atom. The minimum Gasteiger partial charge on any atom is -0.462 e. The van der Waals surface area contributed by atoms with E-state index in [1.165, 1.54) is 167 Å². The lowest BCUT2D eigenvalue weighted by Gasteiger charge is -2.18. The molecule has 0 aromatic heterocycles. The molecule has 0 amide bonds. The molecule has 0 radical (unpaired) electrons. The van der Waals surface area contributed by atoms with Crippen molar-refractivity contribution in [3.05, 3.63) is 85.1 Å². The summed E-state index contributed by atoms with van der Waals surface area (Å²) in [4.78, 5) is 38.3. The Hall–Kier alpha value is -3.41. The van der Waals surface area contributed by atoms with E-state index in [0.717, 1.165) is 103 Å². The van der Waals surface area contributed by atoms with E-state index >= 15 is 0 Å². The highest BCUT2D eigenvalue weighted by Crippen LogP contribution is 2.17. The van der Waals surface area contributed by atoms with Crippen molar-refractivity contribution in [2.45, 2.75) is 322 Å². The number of carbonyl (C=O) groups excluding carboxylic acids is 3. The molecule has 0 aliphatic carbocycles. The Kier molecular flexibility index (Phi) is 60.3. The van der Waals surface area contributed by atoms with Gasteiger partial charge < -0.3 is 14.2 Å². The summed E-state index contributed by atoms with van der Waals surface area (Å²) >= 11 is 0. The van der Waals surface area contributed by atoms with Crippen LogP contribution >= 0.6 is 0 Å². The second-order valence-corrected chi connectivity index (χ2v) is 21.3. The van der Waals surface area contributed by atoms with Crippen molar-refractivity contribution in [2.75, 3.05) is 13.2 Å². The smallest absolute Gasteiger partial charge is 0.306 e. The second-order valence-electron chi connectivity index (χ2n) is 21.3. The lowest BCUT2D eigenvalue weighted by atomic mass is 10.0. The Balaban J connectivity index is 4.38. The van der Waals surface area contributed by atoms with Crippen molar-refractivity contribution in [2.24, 2.45) is 0 Å². The highest BCUT2D eigenvalue weighted by atomic mass is 16.6. The van der Waals surface area contributed by atoms with Gasteiger partial charge in [0.2, 0.25) is 0 Å². The molecule has 6 nitrogen and oxygen atoms in total. The molecule has 0 rings (SSSR count). The molecule has 0 saturated carbocycles. The maximum absolute atomic E-state index is 12.9. The molecule has 0 bridgehead atoms. The predicted molar refractivity (Wildman–Crippen MR) is 325 cm³/mol. The standard InChI is InChI=1S/C69H120O6/c1-4-7-10-13-16-19-22-25-28-31-32-33-34-35-36-37-39-41-44-47-50-53-56-59-62-68(71)74-65-66(64-73-67(70)61-58-55-52-49-46-43-40-30-27-24-21-18-15-12-9-6-3)75-69(72)63-60-57-54-51-48-45-42-38-29-26-23-20-17-14-11-8-5-2/h8,11,17,20-21,24,26,29-30,40,42,45,51,54,66H,4-7,9-10,12-16,18-19,22-23,25,27-28,31-39,41,43-44,46-50,52-53,55-65H2,1-3H3/b11-8-,20-17-,24-21-,29-26-,40-30-,45-42-,54-51-. The number of hydrogen-bond donors (Lipinski definition) is 0. The van der Waals surface area contributed by atoms with Crippen molar-refractivity contribution in [1.29, 1.82) is 0 Å². The van der Waals surface area contributed by atoms with Gasteiger partial charge in [0.15, 0.2) is 6.10 Å². The fraction of sp³-hybridized carbons (Fsp3) is 0.754. The third kappa shape index (κ3) is 61.3. The van der Waals surface area contributed by atoms with Crippen LogP contribution in [-0.2, 0) is 28.6 Å². The van der Waals surface area contributed by atoms with Gasteiger partial charge in [0.05, 0.1) is 0 Å². The SMILES string of the molecule is CC/C=C\C/C=C\C/C=C\C/C=C\C/C=C\CCCC(=O)OC(COC(=O)CCCCCCC/C=C\C/C=C\CCCCCC)COC(=O)CCCCCCCCCCCCCCCCCCCCCCCCCC. The van der Waals surface area contributed by atoms with Crippen molar-refractivity contribution in [1.82, 2.24) is 0 Å². The minimum atomic E-state index is -0.812. The van der Waals surface area contributed by atoms with Gasteiger partial charge in [-0.05, 0) is 89.9 Å². The molecule has 0 spiro atoms. The van der Waals surface area contributed by atoms with Gasteiger partial charge in [-0.2, -0.15) is 0 Å². The van der Waals surface area contributed by atoms with E-state index < -0.39 is 6.10 Å². The fourth-order valence-electron chi connectivity index (χ4n) is 9.10. The highest BCUT2D eigenvalue weighted by molar-refractivity contribution is 5.71. The van der Waals surface area contributed by atoms with Crippen LogP contribution in [0.25, 0.3) is 0 Å². The Morgan fingerprint density at radius 3 is 0.867 bits per heavy atom. The zero-order chi connectivity index (χ0) is 54.3. The van der Waals surface area contributed by atoms with E-state index in [1.54, 1.807) is 0 Å². The van der Waals surface area contributed by atoms with Gasteiger partial charge in [-0.1, -0.05) is 292 Å². The zero-order valence-electron chi connectivity index (χ0n) is 49.6. The summed E-state index contributed by atoms with van der Waals surface area (Å²) in [7, 11) is 0. The maximum atomic E-state index is 12.9. The van der Waals surface area contributed by atoms with Crippen LogP contribution in [0.5, 0.6) is 0 Å². The van der Waals surface area contributed by atoms with Gasteiger partial charge in [0.25, 0.3) is 0 Å². The molecule has 1 unspecified atom stereocenters. The molecule has 1 atom stereocenters. The molecule has 0 aromatic carbocycles. The summed E-state index contributed by atoms with van der Waals surface area (Å²) in [6, 6.07) is 0. The third-order valence-electron chi connectivity index (χ3n) is 13.9. The van der Waals surface area contributed by atoms with Crippen LogP contribution in [-0.4, -0.2) is 37.2 Å². The lowest BCUT2D eigenvalue weighted by Crippen LogP contribution is -2.30. The molecule has 0 aliphatic rings. The van der Waals surface area contributed by atoms with E-state index in [2.05, 4.69) is 106 Å². The first-order valence-electron chi connectivity index (χ1n) is 32.1. The van der Waals surface area contributed by atoms with Gasteiger partial charge in [0.1, 0.15) is 13.2 Å². The number of rotatable bonds is 58. The molecule has 6 heteroatoms. The Morgan fingerprint density at radius 1 is 0.280 bits per heavy atom. The number of unbranched alkanes of at least 4 members (excludes halogenated alkanes) is 33. The van der Waals surface area contributed by atoms with Gasteiger partial charge in [-0.15, -0.1) is 0 Å². The quantitative estimate of drug-likeness (QED) is 0.0261. The third-order valence-corrected chi connectivity index (χ3v) is 13.9. The van der Waals surface area contributed by atoms with Gasteiger partial charge in [-0.25, -0.2) is 0 Å². The average Bonchev–Trinajstić information content (AvgIpc) is 3.41. The maximum Gasteiger partial charge on any atom is 0.306 e. The molecular formula is C69H120O6. The zero-order valence-corrected chi connectivity index (χ0v) is 49.6. The Labute approximate surface area is 465 Å². The van der Waals surface area contributed by atoms with Crippen LogP contribution in [0.15, 0.2) is 85.1 Å². The Bertz CT molecular complexity index is 1430. The van der Waals surface area contributed by atoms with Crippen molar-refractivity contribution in [3.63, 3.8) is 0 Å². The molecule has 0 N–H and O–H groups in total. The number of esters is 3. The van der Waals surface area contributed by atoms with E-state index in [-0.39, 0.29) is 37.5 Å². The summed E-state index contributed by atoms with van der Waals surface area (Å²) < 4.78 is 16.9. The summed E-state index contributed by atoms with van der Waals surface area (Å²) in [6.07, 6.45) is 83.2. The largest absolute Gasteiger partial charge is 0.462 e. The molecule has 0 saturated heterocycles. The average molecular weight is 1050 g/mol. The van der Waals surface area contributed by atoms with Crippen LogP contribution in [0, 0.1) is 0 Å². The van der Waals surface area contributed by atoms with Gasteiger partial charge in [-0.3, -0.25) is 14.4 Å². The fourth-order valence-corrected chi connectivity index (χ4v) is 9.10. The van der Waals surface area contributed by atoms with Crippen LogP contribution in [0.3, 0.4) is 0 Å². The molecule has 0 heterocycles. The summed E-state index contributed by atoms with van der Waals surface area (Å²) in [6.45, 7) is 6.49. The van der Waals surface area contributed by atoms with Gasteiger partial charge in [0, 0.05) is 19.3 Å². The lowest BCUT2D eigenvalue weighted by molar-refractivity contribution is -0.167. The first-order valence-corrected chi connectivity index (χ1v) is 32.1. The second kappa shape index (κ2) is 63.1. The topological polar surface area (TPSA) is 78.9 Å². The minimum absolute atomic E-state index is 0.101. The van der Waals surface area contributed by atoms with E-state index in [9.17, 15) is 14.4 Å². The van der Waals surface area contributed by atoms with Crippen LogP contribution < -0.4 is 0 Å².